The number of hydrogen-bond donors (Lipinski definition) is 0. The van der Waals surface area contributed by atoms with Gasteiger partial charge in [0.25, 0.3) is 0 Å². The minimum atomic E-state index is 0.564. The molecule has 200 valence electrons. The fourth-order valence-electron chi connectivity index (χ4n) is 5.07. The van der Waals surface area contributed by atoms with Gasteiger partial charge < -0.3 is 24.3 Å². The SMILES string of the molecule is CN(Cc1ccccc1)c1nc(N2CCN(C=O)CC2)nc2nc(N3CCOCC3)c(-c3ccccc3)nc12. The van der Waals surface area contributed by atoms with Crippen LogP contribution in [0.4, 0.5) is 17.6 Å². The van der Waals surface area contributed by atoms with Crippen LogP contribution in [-0.2, 0) is 16.1 Å². The molecule has 2 fully saturated rings. The summed E-state index contributed by atoms with van der Waals surface area (Å²) in [7, 11) is 2.03. The molecule has 2 aromatic heterocycles. The first-order valence-electron chi connectivity index (χ1n) is 13.4. The monoisotopic (exact) mass is 524 g/mol. The minimum Gasteiger partial charge on any atom is -0.378 e. The molecule has 6 rings (SSSR count). The average Bonchev–Trinajstić information content (AvgIpc) is 3.01. The fraction of sp³-hybridized carbons (Fsp3) is 0.345. The maximum atomic E-state index is 11.3. The number of hydrogen-bond acceptors (Lipinski definition) is 9. The lowest BCUT2D eigenvalue weighted by atomic mass is 10.1. The maximum absolute atomic E-state index is 11.3. The van der Waals surface area contributed by atoms with Crippen LogP contribution >= 0.6 is 0 Å². The Morgan fingerprint density at radius 1 is 0.821 bits per heavy atom. The van der Waals surface area contributed by atoms with Crippen LogP contribution in [-0.4, -0.2) is 90.8 Å². The molecule has 0 aliphatic carbocycles. The summed E-state index contributed by atoms with van der Waals surface area (Å²) < 4.78 is 5.62. The summed E-state index contributed by atoms with van der Waals surface area (Å²) in [5, 5.41) is 0. The van der Waals surface area contributed by atoms with E-state index in [-0.39, 0.29) is 0 Å². The molecule has 10 heteroatoms. The van der Waals surface area contributed by atoms with Crippen molar-refractivity contribution in [2.24, 2.45) is 0 Å². The van der Waals surface area contributed by atoms with Crippen molar-refractivity contribution < 1.29 is 9.53 Å². The first kappa shape index (κ1) is 25.0. The molecule has 2 saturated heterocycles. The molecule has 4 aromatic rings. The second kappa shape index (κ2) is 11.2. The van der Waals surface area contributed by atoms with E-state index in [9.17, 15) is 4.79 Å². The Bertz CT molecular complexity index is 1420. The lowest BCUT2D eigenvalue weighted by molar-refractivity contribution is -0.118. The van der Waals surface area contributed by atoms with E-state index in [0.717, 1.165) is 42.4 Å². The molecule has 2 aliphatic heterocycles. The van der Waals surface area contributed by atoms with Crippen LogP contribution in [0.1, 0.15) is 5.56 Å². The van der Waals surface area contributed by atoms with Crippen LogP contribution < -0.4 is 14.7 Å². The smallest absolute Gasteiger partial charge is 0.229 e. The third-order valence-electron chi connectivity index (χ3n) is 7.21. The number of benzene rings is 2. The molecule has 10 nitrogen and oxygen atoms in total. The Morgan fingerprint density at radius 3 is 2.21 bits per heavy atom. The van der Waals surface area contributed by atoms with Gasteiger partial charge in [-0.15, -0.1) is 0 Å². The minimum absolute atomic E-state index is 0.564. The Hall–Kier alpha value is -4.31. The van der Waals surface area contributed by atoms with E-state index in [1.807, 2.05) is 43.4 Å². The number of anilines is 3. The molecule has 0 radical (unpaired) electrons. The van der Waals surface area contributed by atoms with E-state index in [1.54, 1.807) is 4.90 Å². The Kier molecular flexibility index (Phi) is 7.18. The van der Waals surface area contributed by atoms with Gasteiger partial charge >= 0.3 is 0 Å². The topological polar surface area (TPSA) is 90.8 Å². The van der Waals surface area contributed by atoms with Crippen molar-refractivity contribution in [3.05, 3.63) is 66.2 Å². The number of carbonyl (C=O) groups excluding carboxylic acids is 1. The van der Waals surface area contributed by atoms with Crippen LogP contribution in [0.2, 0.25) is 0 Å². The highest BCUT2D eigenvalue weighted by atomic mass is 16.5. The maximum Gasteiger partial charge on any atom is 0.229 e. The second-order valence-corrected chi connectivity index (χ2v) is 9.85. The van der Waals surface area contributed by atoms with Crippen LogP contribution in [0.5, 0.6) is 0 Å². The van der Waals surface area contributed by atoms with Gasteiger partial charge in [0.05, 0.1) is 13.2 Å². The summed E-state index contributed by atoms with van der Waals surface area (Å²) in [6, 6.07) is 20.5. The standard InChI is InChI=1S/C29H32N8O2/c1-34(20-22-8-4-2-5-9-22)27-25-26(32-29(33-27)37-14-12-35(21-38)13-15-37)31-28(36-16-18-39-19-17-36)24(30-25)23-10-6-3-7-11-23/h2-11,21H,12-20H2,1H3. The summed E-state index contributed by atoms with van der Waals surface area (Å²) in [5.41, 5.74) is 4.22. The van der Waals surface area contributed by atoms with Crippen LogP contribution in [0, 0.1) is 0 Å². The third-order valence-corrected chi connectivity index (χ3v) is 7.21. The molecule has 0 unspecified atom stereocenters. The molecule has 0 N–H and O–H groups in total. The summed E-state index contributed by atoms with van der Waals surface area (Å²) in [4.78, 5) is 39.9. The number of aromatic nitrogens is 4. The molecule has 0 spiro atoms. The van der Waals surface area contributed by atoms with Gasteiger partial charge in [-0.1, -0.05) is 60.7 Å². The van der Waals surface area contributed by atoms with Crippen molar-refractivity contribution in [1.82, 2.24) is 24.8 Å². The molecule has 2 aliphatic rings. The molecular formula is C29H32N8O2. The molecule has 0 atom stereocenters. The largest absolute Gasteiger partial charge is 0.378 e. The van der Waals surface area contributed by atoms with Crippen molar-refractivity contribution in [2.75, 3.05) is 74.2 Å². The lowest BCUT2D eigenvalue weighted by Crippen LogP contribution is -2.46. The Morgan fingerprint density at radius 2 is 1.51 bits per heavy atom. The lowest BCUT2D eigenvalue weighted by Gasteiger charge is -2.33. The number of rotatable bonds is 7. The summed E-state index contributed by atoms with van der Waals surface area (Å²) in [5.74, 6) is 2.15. The highest BCUT2D eigenvalue weighted by Crippen LogP contribution is 2.33. The van der Waals surface area contributed by atoms with Crippen molar-refractivity contribution >= 4 is 35.2 Å². The predicted octanol–water partition coefficient (Wildman–Crippen LogP) is 2.84. The zero-order valence-corrected chi connectivity index (χ0v) is 22.1. The zero-order chi connectivity index (χ0) is 26.6. The third kappa shape index (κ3) is 5.33. The molecule has 4 heterocycles. The summed E-state index contributed by atoms with van der Waals surface area (Å²) >= 11 is 0. The van der Waals surface area contributed by atoms with Gasteiger partial charge in [0.15, 0.2) is 22.8 Å². The van der Waals surface area contributed by atoms with E-state index >= 15 is 0 Å². The van der Waals surface area contributed by atoms with Gasteiger partial charge in [-0.05, 0) is 5.56 Å². The number of ether oxygens (including phenoxy) is 1. The summed E-state index contributed by atoms with van der Waals surface area (Å²) in [6.45, 7) is 6.05. The zero-order valence-electron chi connectivity index (χ0n) is 22.1. The molecule has 39 heavy (non-hydrogen) atoms. The normalized spacial score (nSPS) is 16.0. The molecule has 2 aromatic carbocycles. The Balaban J connectivity index is 1.50. The van der Waals surface area contributed by atoms with Gasteiger partial charge in [0.2, 0.25) is 12.4 Å². The Labute approximate surface area is 227 Å². The molecule has 0 saturated carbocycles. The van der Waals surface area contributed by atoms with Gasteiger partial charge in [0, 0.05) is 58.4 Å². The van der Waals surface area contributed by atoms with Crippen molar-refractivity contribution in [2.45, 2.75) is 6.54 Å². The second-order valence-electron chi connectivity index (χ2n) is 9.85. The average molecular weight is 525 g/mol. The van der Waals surface area contributed by atoms with Crippen molar-refractivity contribution in [3.8, 4) is 11.3 Å². The highest BCUT2D eigenvalue weighted by Gasteiger charge is 2.25. The first-order chi connectivity index (χ1) is 19.2. The van der Waals surface area contributed by atoms with Crippen LogP contribution in [0.3, 0.4) is 0 Å². The van der Waals surface area contributed by atoms with E-state index in [0.29, 0.717) is 63.0 Å². The number of amides is 1. The van der Waals surface area contributed by atoms with E-state index in [2.05, 4.69) is 39.0 Å². The van der Waals surface area contributed by atoms with E-state index in [4.69, 9.17) is 24.7 Å². The first-order valence-corrected chi connectivity index (χ1v) is 13.4. The molecule has 0 bridgehead atoms. The number of carbonyl (C=O) groups is 1. The highest BCUT2D eigenvalue weighted by molar-refractivity contribution is 5.89. The van der Waals surface area contributed by atoms with Gasteiger partial charge in [0.1, 0.15) is 5.69 Å². The van der Waals surface area contributed by atoms with Crippen molar-refractivity contribution in [3.63, 3.8) is 0 Å². The van der Waals surface area contributed by atoms with Crippen molar-refractivity contribution in [1.29, 1.82) is 0 Å². The number of fused-ring (bicyclic) bond motifs is 1. The van der Waals surface area contributed by atoms with Crippen LogP contribution in [0.25, 0.3) is 22.4 Å². The summed E-state index contributed by atoms with van der Waals surface area (Å²) in [6.07, 6.45) is 0.906. The van der Waals surface area contributed by atoms with Gasteiger partial charge in [-0.3, -0.25) is 4.79 Å². The molecular weight excluding hydrogens is 492 g/mol. The van der Waals surface area contributed by atoms with Gasteiger partial charge in [-0.25, -0.2) is 9.97 Å². The number of piperazine rings is 1. The molecule has 1 amide bonds. The number of morpholine rings is 1. The number of nitrogens with zero attached hydrogens (tertiary/aromatic N) is 8. The predicted molar refractivity (Wildman–Crippen MR) is 152 cm³/mol. The fourth-order valence-corrected chi connectivity index (χ4v) is 5.07. The quantitative estimate of drug-likeness (QED) is 0.339. The van der Waals surface area contributed by atoms with E-state index < -0.39 is 0 Å². The van der Waals surface area contributed by atoms with Crippen LogP contribution in [0.15, 0.2) is 60.7 Å². The van der Waals surface area contributed by atoms with Gasteiger partial charge in [-0.2, -0.15) is 9.97 Å². The van der Waals surface area contributed by atoms with E-state index in [1.165, 1.54) is 5.56 Å².